The maximum absolute atomic E-state index is 4.55. The molecule has 0 saturated carbocycles. The summed E-state index contributed by atoms with van der Waals surface area (Å²) >= 11 is 0. The van der Waals surface area contributed by atoms with Gasteiger partial charge in [0.15, 0.2) is 5.65 Å². The Morgan fingerprint density at radius 1 is 1.12 bits per heavy atom. The number of hydrogen-bond donors (Lipinski definition) is 1. The highest BCUT2D eigenvalue weighted by Crippen LogP contribution is 2.19. The minimum absolute atomic E-state index is 0.711. The first kappa shape index (κ1) is 15.1. The van der Waals surface area contributed by atoms with Crippen LogP contribution in [0.5, 0.6) is 0 Å². The Labute approximate surface area is 141 Å². The van der Waals surface area contributed by atoms with E-state index >= 15 is 0 Å². The summed E-state index contributed by atoms with van der Waals surface area (Å²) in [6.07, 6.45) is 6.19. The number of H-pyrrole nitrogens is 1. The fourth-order valence-electron chi connectivity index (χ4n) is 3.29. The molecule has 1 aliphatic rings. The van der Waals surface area contributed by atoms with Crippen molar-refractivity contribution in [2.75, 3.05) is 25.0 Å². The summed E-state index contributed by atoms with van der Waals surface area (Å²) in [5.41, 5.74) is 3.51. The Bertz CT molecular complexity index is 821. The average Bonchev–Trinajstić information content (AvgIpc) is 3.27. The number of fused-ring (bicyclic) bond motifs is 1. The monoisotopic (exact) mass is 322 g/mol. The zero-order valence-electron chi connectivity index (χ0n) is 13.9. The third-order valence-corrected chi connectivity index (χ3v) is 4.64. The molecule has 1 N–H and O–H groups in total. The van der Waals surface area contributed by atoms with E-state index in [0.29, 0.717) is 5.95 Å². The van der Waals surface area contributed by atoms with Crippen LogP contribution in [-0.4, -0.2) is 45.2 Å². The molecule has 6 heteroatoms. The lowest BCUT2D eigenvalue weighted by molar-refractivity contribution is 0.330. The molecule has 2 aromatic heterocycles. The number of likely N-dealkylation sites (tertiary alicyclic amines) is 1. The number of anilines is 1. The SMILES string of the molecule is CN(Cc1ccccc1CN1CCCC1)c1ncc2cn[nH]c2n1. The second-order valence-electron chi connectivity index (χ2n) is 6.45. The van der Waals surface area contributed by atoms with Crippen molar-refractivity contribution in [1.29, 1.82) is 0 Å². The molecule has 1 fully saturated rings. The van der Waals surface area contributed by atoms with Crippen LogP contribution in [0.4, 0.5) is 5.95 Å². The molecule has 1 aromatic carbocycles. The molecule has 1 saturated heterocycles. The van der Waals surface area contributed by atoms with Crippen LogP contribution in [0.1, 0.15) is 24.0 Å². The van der Waals surface area contributed by atoms with Crippen molar-refractivity contribution in [1.82, 2.24) is 25.1 Å². The van der Waals surface area contributed by atoms with Gasteiger partial charge in [0.2, 0.25) is 5.95 Å². The normalized spacial score (nSPS) is 15.2. The van der Waals surface area contributed by atoms with Gasteiger partial charge in [-0.25, -0.2) is 4.98 Å². The van der Waals surface area contributed by atoms with E-state index in [9.17, 15) is 0 Å². The third kappa shape index (κ3) is 3.10. The van der Waals surface area contributed by atoms with E-state index in [4.69, 9.17) is 0 Å². The molecule has 0 amide bonds. The van der Waals surface area contributed by atoms with E-state index in [-0.39, 0.29) is 0 Å². The quantitative estimate of drug-likeness (QED) is 0.782. The highest BCUT2D eigenvalue weighted by Gasteiger charge is 2.15. The van der Waals surface area contributed by atoms with Crippen molar-refractivity contribution in [3.8, 4) is 0 Å². The maximum Gasteiger partial charge on any atom is 0.227 e. The Hall–Kier alpha value is -2.47. The molecule has 1 aliphatic heterocycles. The van der Waals surface area contributed by atoms with Crippen LogP contribution in [0.3, 0.4) is 0 Å². The first-order chi connectivity index (χ1) is 11.8. The largest absolute Gasteiger partial charge is 0.339 e. The Morgan fingerprint density at radius 2 is 1.92 bits per heavy atom. The second kappa shape index (κ2) is 6.57. The van der Waals surface area contributed by atoms with E-state index < -0.39 is 0 Å². The van der Waals surface area contributed by atoms with E-state index in [0.717, 1.165) is 24.1 Å². The highest BCUT2D eigenvalue weighted by atomic mass is 15.3. The van der Waals surface area contributed by atoms with Gasteiger partial charge < -0.3 is 4.90 Å². The molecule has 4 rings (SSSR count). The zero-order chi connectivity index (χ0) is 16.4. The van der Waals surface area contributed by atoms with Crippen molar-refractivity contribution in [2.45, 2.75) is 25.9 Å². The molecule has 0 unspecified atom stereocenters. The number of aromatic nitrogens is 4. The van der Waals surface area contributed by atoms with Crippen molar-refractivity contribution in [3.63, 3.8) is 0 Å². The van der Waals surface area contributed by atoms with Crippen LogP contribution in [0.25, 0.3) is 11.0 Å². The molecule has 0 bridgehead atoms. The van der Waals surface area contributed by atoms with Gasteiger partial charge in [0, 0.05) is 26.3 Å². The van der Waals surface area contributed by atoms with Crippen LogP contribution in [0.2, 0.25) is 0 Å². The second-order valence-corrected chi connectivity index (χ2v) is 6.45. The number of aromatic amines is 1. The molecular formula is C18H22N6. The van der Waals surface area contributed by atoms with Gasteiger partial charge in [0.05, 0.1) is 11.6 Å². The van der Waals surface area contributed by atoms with Crippen molar-refractivity contribution >= 4 is 17.0 Å². The van der Waals surface area contributed by atoms with Gasteiger partial charge in [-0.15, -0.1) is 0 Å². The topological polar surface area (TPSA) is 60.9 Å². The van der Waals surface area contributed by atoms with E-state index in [1.807, 2.05) is 13.2 Å². The van der Waals surface area contributed by atoms with Crippen LogP contribution in [0, 0.1) is 0 Å². The van der Waals surface area contributed by atoms with Gasteiger partial charge in [-0.05, 0) is 37.1 Å². The fraction of sp³-hybridized carbons (Fsp3) is 0.389. The van der Waals surface area contributed by atoms with Crippen molar-refractivity contribution in [3.05, 3.63) is 47.8 Å². The maximum atomic E-state index is 4.55. The van der Waals surface area contributed by atoms with E-state index in [2.05, 4.69) is 54.2 Å². The Balaban J connectivity index is 1.53. The molecule has 3 heterocycles. The fourth-order valence-corrected chi connectivity index (χ4v) is 3.29. The molecule has 0 radical (unpaired) electrons. The smallest absolute Gasteiger partial charge is 0.227 e. The molecule has 0 aliphatic carbocycles. The van der Waals surface area contributed by atoms with Crippen LogP contribution in [-0.2, 0) is 13.1 Å². The molecule has 6 nitrogen and oxygen atoms in total. The van der Waals surface area contributed by atoms with Gasteiger partial charge in [0.1, 0.15) is 0 Å². The number of nitrogens with zero attached hydrogens (tertiary/aromatic N) is 5. The molecule has 124 valence electrons. The van der Waals surface area contributed by atoms with Gasteiger partial charge in [0.25, 0.3) is 0 Å². The summed E-state index contributed by atoms with van der Waals surface area (Å²) < 4.78 is 0. The van der Waals surface area contributed by atoms with Gasteiger partial charge in [-0.3, -0.25) is 10.00 Å². The molecule has 0 atom stereocenters. The molecule has 0 spiro atoms. The minimum Gasteiger partial charge on any atom is -0.339 e. The highest BCUT2D eigenvalue weighted by molar-refractivity contribution is 5.73. The first-order valence-electron chi connectivity index (χ1n) is 8.46. The lowest BCUT2D eigenvalue weighted by Crippen LogP contribution is -2.23. The predicted octanol–water partition coefficient (Wildman–Crippen LogP) is 2.59. The summed E-state index contributed by atoms with van der Waals surface area (Å²) in [6.45, 7) is 4.25. The van der Waals surface area contributed by atoms with Crippen molar-refractivity contribution in [2.24, 2.45) is 0 Å². The summed E-state index contributed by atoms with van der Waals surface area (Å²) in [5.74, 6) is 0.711. The van der Waals surface area contributed by atoms with Crippen LogP contribution >= 0.6 is 0 Å². The van der Waals surface area contributed by atoms with E-state index in [1.165, 1.54) is 37.1 Å². The molecule has 3 aromatic rings. The average molecular weight is 322 g/mol. The Morgan fingerprint density at radius 3 is 2.75 bits per heavy atom. The molecule has 24 heavy (non-hydrogen) atoms. The van der Waals surface area contributed by atoms with E-state index in [1.54, 1.807) is 6.20 Å². The number of benzene rings is 1. The lowest BCUT2D eigenvalue weighted by atomic mass is 10.1. The number of hydrogen-bond acceptors (Lipinski definition) is 5. The number of nitrogens with one attached hydrogen (secondary N) is 1. The summed E-state index contributed by atoms with van der Waals surface area (Å²) in [4.78, 5) is 13.6. The van der Waals surface area contributed by atoms with Gasteiger partial charge >= 0.3 is 0 Å². The summed E-state index contributed by atoms with van der Waals surface area (Å²) in [6, 6.07) is 8.68. The van der Waals surface area contributed by atoms with Gasteiger partial charge in [-0.2, -0.15) is 10.1 Å². The van der Waals surface area contributed by atoms with Gasteiger partial charge in [-0.1, -0.05) is 24.3 Å². The van der Waals surface area contributed by atoms with Crippen molar-refractivity contribution < 1.29 is 0 Å². The minimum atomic E-state index is 0.711. The van der Waals surface area contributed by atoms with Crippen LogP contribution in [0.15, 0.2) is 36.7 Å². The summed E-state index contributed by atoms with van der Waals surface area (Å²) in [7, 11) is 2.03. The molecular weight excluding hydrogens is 300 g/mol. The van der Waals surface area contributed by atoms with Crippen LogP contribution < -0.4 is 4.90 Å². The number of rotatable bonds is 5. The zero-order valence-corrected chi connectivity index (χ0v) is 13.9. The lowest BCUT2D eigenvalue weighted by Gasteiger charge is -2.21. The first-order valence-corrected chi connectivity index (χ1v) is 8.46. The summed E-state index contributed by atoms with van der Waals surface area (Å²) in [5, 5.41) is 7.84. The Kier molecular flexibility index (Phi) is 4.13. The predicted molar refractivity (Wildman–Crippen MR) is 94.7 cm³/mol. The third-order valence-electron chi connectivity index (χ3n) is 4.64. The standard InChI is InChI=1S/C18H22N6/c1-23(18-19-10-16-11-20-22-17(16)21-18)12-14-6-2-3-7-15(14)13-24-8-4-5-9-24/h2-3,6-7,10-11H,4-5,8-9,12-13H2,1H3,(H,19,20,21,22).